The van der Waals surface area contributed by atoms with Crippen LogP contribution in [0.5, 0.6) is 0 Å². The number of hydrogen-bond acceptors (Lipinski definition) is 6. The van der Waals surface area contributed by atoms with Gasteiger partial charge in [-0.3, -0.25) is 14.4 Å². The Labute approximate surface area is 475 Å². The van der Waals surface area contributed by atoms with Gasteiger partial charge in [-0.2, -0.15) is 0 Å². The van der Waals surface area contributed by atoms with E-state index < -0.39 is 6.10 Å². The largest absolute Gasteiger partial charge is 0.462 e. The predicted octanol–water partition coefficient (Wildman–Crippen LogP) is 21.8. The van der Waals surface area contributed by atoms with Crippen molar-refractivity contribution >= 4 is 17.9 Å². The highest BCUT2D eigenvalue weighted by atomic mass is 16.6. The molecule has 0 fully saturated rings. The molecule has 0 aromatic heterocycles. The van der Waals surface area contributed by atoms with Crippen LogP contribution < -0.4 is 0 Å². The molecule has 0 aromatic carbocycles. The van der Waals surface area contributed by atoms with Gasteiger partial charge >= 0.3 is 17.9 Å². The van der Waals surface area contributed by atoms with Crippen molar-refractivity contribution in [3.63, 3.8) is 0 Å². The maximum absolute atomic E-state index is 12.9. The van der Waals surface area contributed by atoms with Crippen LogP contribution in [0.1, 0.15) is 278 Å². The van der Waals surface area contributed by atoms with E-state index in [0.717, 1.165) is 116 Å². The van der Waals surface area contributed by atoms with Gasteiger partial charge in [-0.05, 0) is 109 Å². The molecule has 0 aromatic rings. The second-order valence-corrected chi connectivity index (χ2v) is 20.6. The van der Waals surface area contributed by atoms with Crippen molar-refractivity contribution in [1.82, 2.24) is 0 Å². The van der Waals surface area contributed by atoms with E-state index in [9.17, 15) is 14.4 Å². The minimum Gasteiger partial charge on any atom is -0.462 e. The van der Waals surface area contributed by atoms with E-state index in [1.165, 1.54) is 116 Å². The number of rotatable bonds is 56. The van der Waals surface area contributed by atoms with Crippen LogP contribution in [0, 0.1) is 0 Å². The van der Waals surface area contributed by atoms with Gasteiger partial charge in [0.1, 0.15) is 13.2 Å². The zero-order valence-electron chi connectivity index (χ0n) is 49.9. The third-order valence-corrected chi connectivity index (χ3v) is 13.2. The molecular weight excluding hydrogens is 949 g/mol. The van der Waals surface area contributed by atoms with E-state index >= 15 is 0 Å². The van der Waals surface area contributed by atoms with E-state index in [1.54, 1.807) is 0 Å². The van der Waals surface area contributed by atoms with Gasteiger partial charge in [0.25, 0.3) is 0 Å². The van der Waals surface area contributed by atoms with Gasteiger partial charge in [0.05, 0.1) is 0 Å². The summed E-state index contributed by atoms with van der Waals surface area (Å²) in [5.41, 5.74) is 0. The number of carbonyl (C=O) groups is 3. The van der Waals surface area contributed by atoms with Gasteiger partial charge in [-0.25, -0.2) is 0 Å². The fourth-order valence-electron chi connectivity index (χ4n) is 8.48. The molecule has 0 amide bonds. The Kier molecular flexibility index (Phi) is 60.4. The van der Waals surface area contributed by atoms with Crippen LogP contribution in [0.2, 0.25) is 0 Å². The third-order valence-electron chi connectivity index (χ3n) is 13.2. The van der Waals surface area contributed by atoms with Crippen LogP contribution in [-0.4, -0.2) is 37.2 Å². The Morgan fingerprint density at radius 2 is 0.519 bits per heavy atom. The van der Waals surface area contributed by atoms with E-state index in [4.69, 9.17) is 14.2 Å². The number of esters is 3. The van der Waals surface area contributed by atoms with Gasteiger partial charge in [-0.1, -0.05) is 283 Å². The minimum atomic E-state index is -0.808. The van der Waals surface area contributed by atoms with Crippen molar-refractivity contribution in [3.8, 4) is 0 Å². The highest BCUT2D eigenvalue weighted by molar-refractivity contribution is 5.71. The monoisotopic (exact) mass is 1060 g/mol. The van der Waals surface area contributed by atoms with Gasteiger partial charge in [0, 0.05) is 19.3 Å². The highest BCUT2D eigenvalue weighted by Crippen LogP contribution is 2.16. The highest BCUT2D eigenvalue weighted by Gasteiger charge is 2.19. The summed E-state index contributed by atoms with van der Waals surface area (Å²) >= 11 is 0. The average molecular weight is 1070 g/mol. The number of hydrogen-bond donors (Lipinski definition) is 0. The van der Waals surface area contributed by atoms with Crippen LogP contribution >= 0.6 is 0 Å². The first-order valence-electron chi connectivity index (χ1n) is 31.7. The Bertz CT molecular complexity index is 1650. The zero-order valence-corrected chi connectivity index (χ0v) is 49.9. The standard InChI is InChI=1S/C71H116O6/c1-4-7-10-13-16-19-22-25-27-29-31-33-35-37-39-41-43-46-49-52-55-58-61-64-70(73)76-67-68(66-75-69(72)63-60-57-54-51-48-45-24-21-18-15-12-9-6-3)77-71(74)65-62-59-56-53-50-47-44-42-40-38-36-34-32-30-28-26-23-20-17-14-11-8-5-2/h7-8,10-11,16-17,19-20,25-28,31-34,37,39,43,46,52,55,68H,4-6,9,12-15,18,21-24,29-30,35-36,38,40-42,44-45,47-51,53-54,56-67H2,1-3H3/b10-7-,11-8-,19-16-,20-17-,27-25-,28-26-,33-31-,34-32-,39-37-,46-43-,55-52-. The van der Waals surface area contributed by atoms with Crippen molar-refractivity contribution in [2.24, 2.45) is 0 Å². The van der Waals surface area contributed by atoms with Crippen molar-refractivity contribution < 1.29 is 28.6 Å². The van der Waals surface area contributed by atoms with Crippen molar-refractivity contribution in [2.75, 3.05) is 13.2 Å². The lowest BCUT2D eigenvalue weighted by atomic mass is 10.0. The van der Waals surface area contributed by atoms with Crippen molar-refractivity contribution in [2.45, 2.75) is 284 Å². The molecule has 6 heteroatoms. The Morgan fingerprint density at radius 1 is 0.273 bits per heavy atom. The van der Waals surface area contributed by atoms with E-state index in [2.05, 4.69) is 154 Å². The molecule has 1 unspecified atom stereocenters. The third kappa shape index (κ3) is 62.3. The fraction of sp³-hybridized carbons (Fsp3) is 0.648. The molecule has 0 spiro atoms. The number of ether oxygens (including phenoxy) is 3. The summed E-state index contributed by atoms with van der Waals surface area (Å²) in [6, 6.07) is 0. The maximum atomic E-state index is 12.9. The average Bonchev–Trinajstić information content (AvgIpc) is 3.43. The molecule has 0 rings (SSSR count). The first-order chi connectivity index (χ1) is 38.0. The molecule has 6 nitrogen and oxygen atoms in total. The van der Waals surface area contributed by atoms with Crippen LogP contribution in [-0.2, 0) is 28.6 Å². The van der Waals surface area contributed by atoms with Crippen molar-refractivity contribution in [1.29, 1.82) is 0 Å². The Balaban J connectivity index is 4.46. The summed E-state index contributed by atoms with van der Waals surface area (Å²) in [6.07, 6.45) is 90.3. The molecule has 0 aliphatic heterocycles. The summed E-state index contributed by atoms with van der Waals surface area (Å²) in [4.78, 5) is 38.3. The van der Waals surface area contributed by atoms with Gasteiger partial charge in [-0.15, -0.1) is 0 Å². The first kappa shape index (κ1) is 72.5. The molecule has 0 radical (unpaired) electrons. The molecule has 0 aliphatic carbocycles. The predicted molar refractivity (Wildman–Crippen MR) is 334 cm³/mol. The molecule has 0 N–H and O–H groups in total. The van der Waals surface area contributed by atoms with Crippen LogP contribution in [0.15, 0.2) is 134 Å². The van der Waals surface area contributed by atoms with E-state index in [1.807, 2.05) is 0 Å². The molecule has 0 aliphatic rings. The lowest BCUT2D eigenvalue weighted by Crippen LogP contribution is -2.30. The lowest BCUT2D eigenvalue weighted by molar-refractivity contribution is -0.167. The fourth-order valence-corrected chi connectivity index (χ4v) is 8.48. The summed E-state index contributed by atoms with van der Waals surface area (Å²) in [7, 11) is 0. The SMILES string of the molecule is CC/C=C\C/C=C\C/C=C\C/C=C\C/C=C\C/C=C\C/C=C\CCCC(=O)OCC(COC(=O)CCCCCCCCCCCCCCC)OC(=O)CCCCCCCCCCCC/C=C\C/C=C\C/C=C\C/C=C\CC. The second kappa shape index (κ2) is 64.1. The molecule has 0 saturated heterocycles. The smallest absolute Gasteiger partial charge is 0.306 e. The normalized spacial score (nSPS) is 13.0. The van der Waals surface area contributed by atoms with Crippen LogP contribution in [0.4, 0.5) is 0 Å². The maximum Gasteiger partial charge on any atom is 0.306 e. The molecule has 436 valence electrons. The second-order valence-electron chi connectivity index (χ2n) is 20.6. The summed E-state index contributed by atoms with van der Waals surface area (Å²) in [5, 5.41) is 0. The summed E-state index contributed by atoms with van der Waals surface area (Å²) in [5.74, 6) is -0.962. The van der Waals surface area contributed by atoms with E-state index in [-0.39, 0.29) is 37.5 Å². The van der Waals surface area contributed by atoms with Gasteiger partial charge in [0.15, 0.2) is 6.10 Å². The summed E-state index contributed by atoms with van der Waals surface area (Å²) in [6.45, 7) is 6.37. The zero-order chi connectivity index (χ0) is 55.7. The molecular formula is C71H116O6. The number of carbonyl (C=O) groups excluding carboxylic acids is 3. The van der Waals surface area contributed by atoms with Crippen LogP contribution in [0.3, 0.4) is 0 Å². The first-order valence-corrected chi connectivity index (χ1v) is 31.7. The Morgan fingerprint density at radius 3 is 0.844 bits per heavy atom. The molecule has 0 saturated carbocycles. The molecule has 0 heterocycles. The van der Waals surface area contributed by atoms with Crippen molar-refractivity contribution in [3.05, 3.63) is 134 Å². The van der Waals surface area contributed by atoms with Gasteiger partial charge < -0.3 is 14.2 Å². The van der Waals surface area contributed by atoms with Gasteiger partial charge in [0.2, 0.25) is 0 Å². The van der Waals surface area contributed by atoms with Crippen LogP contribution in [0.25, 0.3) is 0 Å². The molecule has 0 bridgehead atoms. The lowest BCUT2D eigenvalue weighted by Gasteiger charge is -2.18. The number of allylic oxidation sites excluding steroid dienone is 22. The summed E-state index contributed by atoms with van der Waals surface area (Å²) < 4.78 is 16.9. The topological polar surface area (TPSA) is 78.9 Å². The minimum absolute atomic E-state index is 0.0991. The van der Waals surface area contributed by atoms with E-state index in [0.29, 0.717) is 19.3 Å². The molecule has 1 atom stereocenters. The Hall–Kier alpha value is -4.45. The molecule has 77 heavy (non-hydrogen) atoms. The number of unbranched alkanes of at least 4 members (excludes halogenated alkanes) is 23. The quantitative estimate of drug-likeness (QED) is 0.0261.